The predicted octanol–water partition coefficient (Wildman–Crippen LogP) is 4.25. The number of aryl methyl sites for hydroxylation is 2. The summed E-state index contributed by atoms with van der Waals surface area (Å²) in [5.41, 5.74) is 4.03. The van der Waals surface area contributed by atoms with Crippen molar-refractivity contribution in [1.82, 2.24) is 5.32 Å². The van der Waals surface area contributed by atoms with Crippen molar-refractivity contribution in [2.75, 3.05) is 7.11 Å². The summed E-state index contributed by atoms with van der Waals surface area (Å²) in [6.07, 6.45) is 6.09. The smallest absolute Gasteiger partial charge is 0.244 e. The molecule has 1 aromatic carbocycles. The van der Waals surface area contributed by atoms with Gasteiger partial charge in [-0.1, -0.05) is 0 Å². The van der Waals surface area contributed by atoms with Gasteiger partial charge in [0.25, 0.3) is 0 Å². The van der Waals surface area contributed by atoms with Crippen LogP contribution in [0.2, 0.25) is 0 Å². The summed E-state index contributed by atoms with van der Waals surface area (Å²) in [7, 11) is 1.65. The molecule has 0 saturated heterocycles. The highest BCUT2D eigenvalue weighted by Crippen LogP contribution is 2.37. The van der Waals surface area contributed by atoms with E-state index in [9.17, 15) is 4.79 Å². The number of carbonyl (C=O) groups is 1. The van der Waals surface area contributed by atoms with Gasteiger partial charge in [-0.05, 0) is 51.7 Å². The number of allylic oxidation sites excluding steroid dienone is 1. The number of hydrogen-bond donors (Lipinski definition) is 1. The van der Waals surface area contributed by atoms with Crippen LogP contribution in [-0.4, -0.2) is 19.1 Å². The Balaban J connectivity index is 2.06. The SMILES string of the molecule is COc1cc2oc3c(c2cc1/C(C)=C/C(=O)NC(C)C)CCCC3. The Hall–Kier alpha value is -2.23. The molecular weight excluding hydrogens is 302 g/mol. The highest BCUT2D eigenvalue weighted by molar-refractivity contribution is 5.97. The second kappa shape index (κ2) is 6.71. The molecule has 24 heavy (non-hydrogen) atoms. The third kappa shape index (κ3) is 3.18. The lowest BCUT2D eigenvalue weighted by molar-refractivity contribution is -0.116. The van der Waals surface area contributed by atoms with E-state index in [2.05, 4.69) is 11.4 Å². The minimum atomic E-state index is -0.0844. The highest BCUT2D eigenvalue weighted by atomic mass is 16.5. The number of methoxy groups -OCH3 is 1. The Morgan fingerprint density at radius 1 is 1.29 bits per heavy atom. The molecule has 1 aliphatic rings. The van der Waals surface area contributed by atoms with Crippen LogP contribution in [0.15, 0.2) is 22.6 Å². The molecule has 4 nitrogen and oxygen atoms in total. The van der Waals surface area contributed by atoms with Crippen molar-refractivity contribution in [3.05, 3.63) is 35.1 Å². The van der Waals surface area contributed by atoms with E-state index in [4.69, 9.17) is 9.15 Å². The van der Waals surface area contributed by atoms with Crippen molar-refractivity contribution in [3.8, 4) is 5.75 Å². The molecule has 0 fully saturated rings. The van der Waals surface area contributed by atoms with Crippen molar-refractivity contribution in [3.63, 3.8) is 0 Å². The molecule has 4 heteroatoms. The zero-order chi connectivity index (χ0) is 17.3. The molecule has 1 amide bonds. The van der Waals surface area contributed by atoms with Gasteiger partial charge in [0.05, 0.1) is 7.11 Å². The fourth-order valence-electron chi connectivity index (χ4n) is 3.37. The Bertz CT molecular complexity index is 799. The molecule has 1 aromatic heterocycles. The monoisotopic (exact) mass is 327 g/mol. The van der Waals surface area contributed by atoms with Gasteiger partial charge < -0.3 is 14.5 Å². The van der Waals surface area contributed by atoms with Crippen molar-refractivity contribution in [2.45, 2.75) is 52.5 Å². The molecule has 1 aliphatic carbocycles. The van der Waals surface area contributed by atoms with E-state index in [0.29, 0.717) is 0 Å². The summed E-state index contributed by atoms with van der Waals surface area (Å²) in [4.78, 5) is 12.0. The van der Waals surface area contributed by atoms with Gasteiger partial charge in [-0.3, -0.25) is 4.79 Å². The summed E-state index contributed by atoms with van der Waals surface area (Å²) >= 11 is 0. The van der Waals surface area contributed by atoms with Crippen LogP contribution in [-0.2, 0) is 17.6 Å². The third-order valence-electron chi connectivity index (χ3n) is 4.48. The van der Waals surface area contributed by atoms with E-state index in [1.807, 2.05) is 26.8 Å². The first-order valence-electron chi connectivity index (χ1n) is 8.61. The fraction of sp³-hybridized carbons (Fsp3) is 0.450. The van der Waals surface area contributed by atoms with Gasteiger partial charge >= 0.3 is 0 Å². The van der Waals surface area contributed by atoms with Gasteiger partial charge in [0, 0.05) is 41.1 Å². The minimum absolute atomic E-state index is 0.0844. The predicted molar refractivity (Wildman–Crippen MR) is 96.3 cm³/mol. The summed E-state index contributed by atoms with van der Waals surface area (Å²) in [6.45, 7) is 5.84. The number of ether oxygens (including phenoxy) is 1. The number of carbonyl (C=O) groups excluding carboxylic acids is 1. The zero-order valence-corrected chi connectivity index (χ0v) is 14.9. The van der Waals surface area contributed by atoms with Crippen LogP contribution in [0.1, 0.15) is 50.5 Å². The van der Waals surface area contributed by atoms with Crippen molar-refractivity contribution in [2.24, 2.45) is 0 Å². The first-order valence-corrected chi connectivity index (χ1v) is 8.61. The third-order valence-corrected chi connectivity index (χ3v) is 4.48. The molecule has 2 aromatic rings. The van der Waals surface area contributed by atoms with Gasteiger partial charge in [0.15, 0.2) is 0 Å². The van der Waals surface area contributed by atoms with Crippen LogP contribution in [0.25, 0.3) is 16.5 Å². The van der Waals surface area contributed by atoms with Gasteiger partial charge in [0.2, 0.25) is 5.91 Å². The van der Waals surface area contributed by atoms with E-state index in [1.54, 1.807) is 13.2 Å². The van der Waals surface area contributed by atoms with Crippen LogP contribution in [0.5, 0.6) is 5.75 Å². The number of amides is 1. The highest BCUT2D eigenvalue weighted by Gasteiger charge is 2.20. The Morgan fingerprint density at radius 2 is 2.04 bits per heavy atom. The first-order chi connectivity index (χ1) is 11.5. The zero-order valence-electron chi connectivity index (χ0n) is 14.9. The lowest BCUT2D eigenvalue weighted by Crippen LogP contribution is -2.28. The van der Waals surface area contributed by atoms with Gasteiger partial charge in [0.1, 0.15) is 17.1 Å². The standard InChI is InChI=1S/C20H25NO3/c1-12(2)21-20(22)9-13(3)15-10-16-14-7-5-6-8-17(14)24-19(16)11-18(15)23-4/h9-12H,5-8H2,1-4H3,(H,21,22)/b13-9+. The quantitative estimate of drug-likeness (QED) is 0.854. The molecule has 3 rings (SSSR count). The largest absolute Gasteiger partial charge is 0.496 e. The number of benzene rings is 1. The average Bonchev–Trinajstić information content (AvgIpc) is 2.90. The van der Waals surface area contributed by atoms with Gasteiger partial charge in [-0.15, -0.1) is 0 Å². The summed E-state index contributed by atoms with van der Waals surface area (Å²) in [5, 5.41) is 4.04. The van der Waals surface area contributed by atoms with Gasteiger partial charge in [-0.2, -0.15) is 0 Å². The van der Waals surface area contributed by atoms with E-state index in [-0.39, 0.29) is 11.9 Å². The molecule has 0 unspecified atom stereocenters. The lowest BCUT2D eigenvalue weighted by Gasteiger charge is -2.11. The molecule has 0 spiro atoms. The lowest BCUT2D eigenvalue weighted by atomic mass is 9.94. The van der Waals surface area contributed by atoms with Crippen LogP contribution >= 0.6 is 0 Å². The summed E-state index contributed by atoms with van der Waals surface area (Å²) < 4.78 is 11.6. The Morgan fingerprint density at radius 3 is 2.75 bits per heavy atom. The number of furan rings is 1. The summed E-state index contributed by atoms with van der Waals surface area (Å²) in [5.74, 6) is 1.76. The Kier molecular flexibility index (Phi) is 4.65. The maximum atomic E-state index is 12.0. The van der Waals surface area contributed by atoms with Gasteiger partial charge in [-0.25, -0.2) is 0 Å². The number of fused-ring (bicyclic) bond motifs is 3. The second-order valence-electron chi connectivity index (χ2n) is 6.75. The van der Waals surface area contributed by atoms with E-state index in [1.165, 1.54) is 18.4 Å². The Labute approximate surface area is 142 Å². The second-order valence-corrected chi connectivity index (χ2v) is 6.75. The molecule has 1 N–H and O–H groups in total. The van der Waals surface area contributed by atoms with Crippen molar-refractivity contribution in [1.29, 1.82) is 0 Å². The fourth-order valence-corrected chi connectivity index (χ4v) is 3.37. The molecule has 0 atom stereocenters. The van der Waals surface area contributed by atoms with E-state index < -0.39 is 0 Å². The van der Waals surface area contributed by atoms with Crippen molar-refractivity contribution < 1.29 is 13.9 Å². The summed E-state index contributed by atoms with van der Waals surface area (Å²) in [6, 6.07) is 4.17. The molecule has 0 aliphatic heterocycles. The first kappa shape index (κ1) is 16.6. The van der Waals surface area contributed by atoms with Crippen molar-refractivity contribution >= 4 is 22.4 Å². The topological polar surface area (TPSA) is 51.5 Å². The molecule has 0 radical (unpaired) electrons. The maximum Gasteiger partial charge on any atom is 0.244 e. The molecular formula is C20H25NO3. The number of hydrogen-bond acceptors (Lipinski definition) is 3. The van der Waals surface area contributed by atoms with Crippen LogP contribution in [0, 0.1) is 0 Å². The number of rotatable bonds is 4. The average molecular weight is 327 g/mol. The minimum Gasteiger partial charge on any atom is -0.496 e. The molecule has 1 heterocycles. The molecule has 128 valence electrons. The van der Waals surface area contributed by atoms with Crippen LogP contribution < -0.4 is 10.1 Å². The molecule has 0 saturated carbocycles. The van der Waals surface area contributed by atoms with E-state index >= 15 is 0 Å². The maximum absolute atomic E-state index is 12.0. The van der Waals surface area contributed by atoms with E-state index in [0.717, 1.165) is 46.5 Å². The normalized spacial score (nSPS) is 14.8. The van der Waals surface area contributed by atoms with Crippen LogP contribution in [0.3, 0.4) is 0 Å². The van der Waals surface area contributed by atoms with Crippen LogP contribution in [0.4, 0.5) is 0 Å². The number of nitrogens with one attached hydrogen (secondary N) is 1. The molecule has 0 bridgehead atoms.